The van der Waals surface area contributed by atoms with Gasteiger partial charge in [0.25, 0.3) is 5.91 Å². The predicted molar refractivity (Wildman–Crippen MR) is 79.6 cm³/mol. The Morgan fingerprint density at radius 2 is 2.19 bits per heavy atom. The van der Waals surface area contributed by atoms with Crippen molar-refractivity contribution in [3.05, 3.63) is 29.6 Å². The van der Waals surface area contributed by atoms with Crippen LogP contribution in [0.3, 0.4) is 0 Å². The summed E-state index contributed by atoms with van der Waals surface area (Å²) in [4.78, 5) is 19.0. The second-order valence-electron chi connectivity index (χ2n) is 5.81. The van der Waals surface area contributed by atoms with Crippen molar-refractivity contribution in [3.8, 4) is 11.8 Å². The maximum absolute atomic E-state index is 12.8. The van der Waals surface area contributed by atoms with Crippen LogP contribution in [0.1, 0.15) is 48.2 Å². The summed E-state index contributed by atoms with van der Waals surface area (Å²) < 4.78 is 0. The average molecular weight is 284 g/mol. The van der Waals surface area contributed by atoms with Crippen molar-refractivity contribution >= 4 is 5.91 Å². The highest BCUT2D eigenvalue weighted by molar-refractivity contribution is 5.95. The van der Waals surface area contributed by atoms with E-state index in [-0.39, 0.29) is 12.5 Å². The first-order valence-corrected chi connectivity index (χ1v) is 7.65. The Hall–Kier alpha value is -1.86. The van der Waals surface area contributed by atoms with Crippen molar-refractivity contribution in [1.82, 2.24) is 9.88 Å². The van der Waals surface area contributed by atoms with Crippen molar-refractivity contribution in [2.75, 3.05) is 13.2 Å². The smallest absolute Gasteiger partial charge is 0.274 e. The molecule has 0 unspecified atom stereocenters. The zero-order valence-electron chi connectivity index (χ0n) is 12.1. The van der Waals surface area contributed by atoms with Crippen molar-refractivity contribution in [3.63, 3.8) is 0 Å². The van der Waals surface area contributed by atoms with Crippen LogP contribution in [0.2, 0.25) is 0 Å². The lowest BCUT2D eigenvalue weighted by Crippen LogP contribution is -2.35. The van der Waals surface area contributed by atoms with Crippen LogP contribution >= 0.6 is 0 Å². The highest BCUT2D eigenvalue weighted by Crippen LogP contribution is 2.35. The van der Waals surface area contributed by atoms with Gasteiger partial charge in [0, 0.05) is 25.2 Å². The molecule has 0 aliphatic heterocycles. The molecule has 1 aromatic rings. The molecule has 1 heterocycles. The maximum atomic E-state index is 12.8. The second kappa shape index (κ2) is 6.28. The molecular weight excluding hydrogens is 264 g/mol. The molecular formula is C17H20N2O2. The quantitative estimate of drug-likeness (QED) is 0.839. The second-order valence-corrected chi connectivity index (χ2v) is 5.81. The van der Waals surface area contributed by atoms with Gasteiger partial charge in [-0.3, -0.25) is 4.79 Å². The van der Waals surface area contributed by atoms with E-state index in [2.05, 4.69) is 16.8 Å². The largest absolute Gasteiger partial charge is 0.395 e. The van der Waals surface area contributed by atoms with Gasteiger partial charge in [-0.1, -0.05) is 11.8 Å². The molecule has 3 rings (SSSR count). The lowest BCUT2D eigenvalue weighted by atomic mass is 10.1. The third-order valence-electron chi connectivity index (χ3n) is 3.87. The molecule has 2 aliphatic rings. The van der Waals surface area contributed by atoms with Crippen LogP contribution in [-0.4, -0.2) is 40.1 Å². The van der Waals surface area contributed by atoms with Crippen molar-refractivity contribution in [2.24, 2.45) is 5.92 Å². The molecule has 0 atom stereocenters. The van der Waals surface area contributed by atoms with Crippen molar-refractivity contribution in [1.29, 1.82) is 0 Å². The standard InChI is InChI=1S/C17H20N2O2/c20-11-2-1-4-14-5-3-10-18-16(14)17(21)19(15-8-9-15)12-13-6-7-13/h3,5,10,13,15,20H,2,6-9,11-12H2. The van der Waals surface area contributed by atoms with E-state index < -0.39 is 0 Å². The zero-order valence-corrected chi connectivity index (χ0v) is 12.1. The molecule has 2 saturated carbocycles. The van der Waals surface area contributed by atoms with Crippen LogP contribution in [0.5, 0.6) is 0 Å². The summed E-state index contributed by atoms with van der Waals surface area (Å²) in [6, 6.07) is 4.02. The fourth-order valence-corrected chi connectivity index (χ4v) is 2.39. The number of hydrogen-bond donors (Lipinski definition) is 1. The van der Waals surface area contributed by atoms with Gasteiger partial charge in [-0.25, -0.2) is 4.98 Å². The SMILES string of the molecule is O=C(c1ncccc1C#CCCO)N(CC1CC1)C1CC1. The third kappa shape index (κ3) is 3.62. The number of rotatable bonds is 5. The predicted octanol–water partition coefficient (Wildman–Crippen LogP) is 1.83. The summed E-state index contributed by atoms with van der Waals surface area (Å²) in [5.41, 5.74) is 1.12. The van der Waals surface area contributed by atoms with Gasteiger partial charge in [0.1, 0.15) is 5.69 Å². The first kappa shape index (κ1) is 14.1. The lowest BCUT2D eigenvalue weighted by Gasteiger charge is -2.22. The summed E-state index contributed by atoms with van der Waals surface area (Å²) in [5.74, 6) is 6.53. The highest BCUT2D eigenvalue weighted by atomic mass is 16.2. The van der Waals surface area contributed by atoms with Gasteiger partial charge in [-0.15, -0.1) is 0 Å². The topological polar surface area (TPSA) is 53.4 Å². The minimum atomic E-state index is 0.0123. The van der Waals surface area contributed by atoms with E-state index in [1.807, 2.05) is 11.0 Å². The molecule has 0 spiro atoms. The molecule has 21 heavy (non-hydrogen) atoms. The number of aliphatic hydroxyl groups is 1. The molecule has 1 aromatic heterocycles. The van der Waals surface area contributed by atoms with Crippen LogP contribution in [-0.2, 0) is 0 Å². The molecule has 2 fully saturated rings. The molecule has 1 amide bonds. The van der Waals surface area contributed by atoms with Gasteiger partial charge >= 0.3 is 0 Å². The molecule has 2 aliphatic carbocycles. The number of aliphatic hydroxyl groups excluding tert-OH is 1. The molecule has 0 bridgehead atoms. The Bertz CT molecular complexity index is 580. The number of hydrogen-bond acceptors (Lipinski definition) is 3. The number of amides is 1. The van der Waals surface area contributed by atoms with Crippen LogP contribution in [0.25, 0.3) is 0 Å². The average Bonchev–Trinajstić information content (AvgIpc) is 3.38. The monoisotopic (exact) mass is 284 g/mol. The summed E-state index contributed by atoms with van der Waals surface area (Å²) in [5, 5.41) is 8.80. The fraction of sp³-hybridized carbons (Fsp3) is 0.529. The lowest BCUT2D eigenvalue weighted by molar-refractivity contribution is 0.0728. The maximum Gasteiger partial charge on any atom is 0.274 e. The van der Waals surface area contributed by atoms with Gasteiger partial charge < -0.3 is 10.0 Å². The normalized spacial score (nSPS) is 17.0. The van der Waals surface area contributed by atoms with Gasteiger partial charge in [-0.05, 0) is 43.7 Å². The Kier molecular flexibility index (Phi) is 4.21. The molecule has 4 nitrogen and oxygen atoms in total. The van der Waals surface area contributed by atoms with Gasteiger partial charge in [0.2, 0.25) is 0 Å². The minimum absolute atomic E-state index is 0.0123. The van der Waals surface area contributed by atoms with E-state index in [0.29, 0.717) is 29.6 Å². The minimum Gasteiger partial charge on any atom is -0.395 e. The van der Waals surface area contributed by atoms with E-state index in [9.17, 15) is 4.79 Å². The summed E-state index contributed by atoms with van der Waals surface area (Å²) >= 11 is 0. The first-order valence-electron chi connectivity index (χ1n) is 7.65. The summed E-state index contributed by atoms with van der Waals surface area (Å²) in [6.07, 6.45) is 6.75. The molecule has 0 radical (unpaired) electrons. The molecule has 1 N–H and O–H groups in total. The Morgan fingerprint density at radius 3 is 2.86 bits per heavy atom. The van der Waals surface area contributed by atoms with Crippen LogP contribution in [0, 0.1) is 17.8 Å². The van der Waals surface area contributed by atoms with Gasteiger partial charge in [-0.2, -0.15) is 0 Å². The van der Waals surface area contributed by atoms with Crippen LogP contribution in [0.15, 0.2) is 18.3 Å². The fourth-order valence-electron chi connectivity index (χ4n) is 2.39. The van der Waals surface area contributed by atoms with Gasteiger partial charge in [0.05, 0.1) is 12.2 Å². The van der Waals surface area contributed by atoms with Crippen LogP contribution < -0.4 is 0 Å². The summed E-state index contributed by atoms with van der Waals surface area (Å²) in [6.45, 7) is 0.899. The summed E-state index contributed by atoms with van der Waals surface area (Å²) in [7, 11) is 0. The van der Waals surface area contributed by atoms with Gasteiger partial charge in [0.15, 0.2) is 0 Å². The Balaban J connectivity index is 1.80. The van der Waals surface area contributed by atoms with E-state index in [1.165, 1.54) is 12.8 Å². The van der Waals surface area contributed by atoms with Crippen LogP contribution in [0.4, 0.5) is 0 Å². The first-order chi connectivity index (χ1) is 10.3. The molecule has 0 saturated heterocycles. The van der Waals surface area contributed by atoms with E-state index in [1.54, 1.807) is 12.3 Å². The van der Waals surface area contributed by atoms with E-state index >= 15 is 0 Å². The van der Waals surface area contributed by atoms with E-state index in [4.69, 9.17) is 5.11 Å². The molecule has 110 valence electrons. The third-order valence-corrected chi connectivity index (χ3v) is 3.87. The number of carbonyl (C=O) groups excluding carboxylic acids is 1. The number of pyridine rings is 1. The van der Waals surface area contributed by atoms with E-state index in [0.717, 1.165) is 19.4 Å². The number of nitrogens with zero attached hydrogens (tertiary/aromatic N) is 2. The Morgan fingerprint density at radius 1 is 1.38 bits per heavy atom. The Labute approximate surface area is 125 Å². The number of aromatic nitrogens is 1. The van der Waals surface area contributed by atoms with Crippen molar-refractivity contribution in [2.45, 2.75) is 38.1 Å². The van der Waals surface area contributed by atoms with Crippen molar-refractivity contribution < 1.29 is 9.90 Å². The molecule has 4 heteroatoms. The zero-order chi connectivity index (χ0) is 14.7. The highest BCUT2D eigenvalue weighted by Gasteiger charge is 2.37. The number of carbonyl (C=O) groups is 1. The molecule has 0 aromatic carbocycles.